The number of carboxylic acid groups (broad SMARTS) is 1. The minimum atomic E-state index is -1.91. The van der Waals surface area contributed by atoms with E-state index in [1.165, 1.54) is 0 Å². The number of esters is 2. The molecule has 1 saturated heterocycles. The van der Waals surface area contributed by atoms with Crippen LogP contribution in [0.2, 0.25) is 0 Å². The highest BCUT2D eigenvalue weighted by Crippen LogP contribution is 2.65. The maximum absolute atomic E-state index is 12.6. The molecule has 188 valence electrons. The number of aliphatic hydroxyl groups excluding tert-OH is 1. The molecular formula is C24H27NO10. The Labute approximate surface area is 200 Å². The normalized spacial score (nSPS) is 31.9. The van der Waals surface area contributed by atoms with Crippen molar-refractivity contribution in [2.45, 2.75) is 68.0 Å². The summed E-state index contributed by atoms with van der Waals surface area (Å²) in [6.45, 7) is 1.78. The Morgan fingerprint density at radius 1 is 1.31 bits per heavy atom. The van der Waals surface area contributed by atoms with E-state index in [2.05, 4.69) is 9.64 Å². The number of aliphatic hydroxyl groups is 2. The van der Waals surface area contributed by atoms with E-state index in [9.17, 15) is 29.7 Å². The third-order valence-electron chi connectivity index (χ3n) is 7.86. The lowest BCUT2D eigenvalue weighted by atomic mass is 9.50. The zero-order valence-electron chi connectivity index (χ0n) is 19.3. The maximum atomic E-state index is 12.6. The van der Waals surface area contributed by atoms with Crippen molar-refractivity contribution in [3.05, 3.63) is 35.1 Å². The molecule has 1 fully saturated rings. The predicted octanol–water partition coefficient (Wildman–Crippen LogP) is -0.0196. The molecular weight excluding hydrogens is 462 g/mol. The van der Waals surface area contributed by atoms with Gasteiger partial charge in [0.2, 0.25) is 0 Å². The number of hydrogen-bond donors (Lipinski definition) is 4. The molecule has 5 rings (SSSR count). The lowest BCUT2D eigenvalue weighted by Gasteiger charge is -2.61. The molecule has 2 aliphatic heterocycles. The molecule has 4 N–H and O–H groups in total. The molecule has 35 heavy (non-hydrogen) atoms. The van der Waals surface area contributed by atoms with Crippen molar-refractivity contribution in [2.75, 3.05) is 13.6 Å². The number of nitrogens with zero attached hydrogens (tertiary/aromatic N) is 1. The van der Waals surface area contributed by atoms with Crippen LogP contribution in [0.3, 0.4) is 0 Å². The average Bonchev–Trinajstić information content (AvgIpc) is 3.15. The number of piperidine rings is 1. The third-order valence-corrected chi connectivity index (χ3v) is 7.86. The van der Waals surface area contributed by atoms with E-state index in [1.807, 2.05) is 13.1 Å². The maximum Gasteiger partial charge on any atom is 0.344 e. The van der Waals surface area contributed by atoms with Gasteiger partial charge in [-0.05, 0) is 51.1 Å². The van der Waals surface area contributed by atoms with Crippen LogP contribution in [0.25, 0.3) is 0 Å². The van der Waals surface area contributed by atoms with Crippen molar-refractivity contribution < 1.29 is 49.0 Å². The Bertz CT molecular complexity index is 1150. The molecule has 11 nitrogen and oxygen atoms in total. The molecule has 1 aromatic rings. The summed E-state index contributed by atoms with van der Waals surface area (Å²) in [5, 5.41) is 41.4. The molecule has 2 heterocycles. The molecule has 2 unspecified atom stereocenters. The van der Waals surface area contributed by atoms with E-state index in [0.29, 0.717) is 19.4 Å². The summed E-state index contributed by atoms with van der Waals surface area (Å²) < 4.78 is 16.3. The number of phenols is 1. The van der Waals surface area contributed by atoms with Gasteiger partial charge in [-0.3, -0.25) is 4.79 Å². The van der Waals surface area contributed by atoms with E-state index >= 15 is 0 Å². The van der Waals surface area contributed by atoms with Crippen molar-refractivity contribution in [3.8, 4) is 11.5 Å². The quantitative estimate of drug-likeness (QED) is 0.397. The van der Waals surface area contributed by atoms with Gasteiger partial charge in [-0.15, -0.1) is 0 Å². The van der Waals surface area contributed by atoms with Gasteiger partial charge in [-0.2, -0.15) is 0 Å². The Morgan fingerprint density at radius 2 is 2.06 bits per heavy atom. The number of carbonyl (C=O) groups is 3. The summed E-state index contributed by atoms with van der Waals surface area (Å²) in [5.74, 6) is -3.27. The second kappa shape index (κ2) is 7.94. The number of benzene rings is 1. The molecule has 2 bridgehead atoms. The third kappa shape index (κ3) is 3.25. The van der Waals surface area contributed by atoms with Crippen LogP contribution in [0.15, 0.2) is 24.0 Å². The number of rotatable bonds is 6. The summed E-state index contributed by atoms with van der Waals surface area (Å²) in [7, 11) is 1.96. The molecule has 0 saturated carbocycles. The van der Waals surface area contributed by atoms with Gasteiger partial charge in [0.1, 0.15) is 5.76 Å². The fourth-order valence-corrected chi connectivity index (χ4v) is 6.15. The van der Waals surface area contributed by atoms with Crippen LogP contribution in [0.1, 0.15) is 37.3 Å². The first kappa shape index (κ1) is 23.6. The molecule has 4 aliphatic rings. The monoisotopic (exact) mass is 489 g/mol. The number of ether oxygens (including phenoxy) is 3. The predicted molar refractivity (Wildman–Crippen MR) is 116 cm³/mol. The van der Waals surface area contributed by atoms with Crippen LogP contribution >= 0.6 is 0 Å². The Morgan fingerprint density at radius 3 is 2.77 bits per heavy atom. The number of carbonyl (C=O) groups excluding carboxylic acids is 2. The first-order valence-corrected chi connectivity index (χ1v) is 11.5. The second-order valence-electron chi connectivity index (χ2n) is 9.71. The van der Waals surface area contributed by atoms with E-state index in [4.69, 9.17) is 14.6 Å². The van der Waals surface area contributed by atoms with Gasteiger partial charge in [0.25, 0.3) is 0 Å². The summed E-state index contributed by atoms with van der Waals surface area (Å²) in [5.41, 5.74) is -0.463. The first-order valence-electron chi connectivity index (χ1n) is 11.5. The molecule has 0 radical (unpaired) electrons. The topological polar surface area (TPSA) is 163 Å². The van der Waals surface area contributed by atoms with Crippen LogP contribution in [-0.4, -0.2) is 86.8 Å². The van der Waals surface area contributed by atoms with Gasteiger partial charge in [0.05, 0.1) is 17.4 Å². The zero-order chi connectivity index (χ0) is 25.3. The molecule has 6 atom stereocenters. The number of phenolic OH excluding ortho intramolecular Hbond substituents is 1. The van der Waals surface area contributed by atoms with Crippen LogP contribution in [-0.2, 0) is 35.7 Å². The smallest absolute Gasteiger partial charge is 0.344 e. The number of hydrogen-bond acceptors (Lipinski definition) is 10. The molecule has 11 heteroatoms. The SMILES string of the molecule is C[C@H](OC(=O)[C@@H](O)CC(=O)OC1=CC[C@@]2(O)[C@H]3Cc4ccc(O)c5c4C2(CCN3C)C1O5)C(=O)O. The fourth-order valence-electron chi connectivity index (χ4n) is 6.15. The average molecular weight is 489 g/mol. The minimum Gasteiger partial charge on any atom is -0.504 e. The molecule has 1 spiro atoms. The van der Waals surface area contributed by atoms with Gasteiger partial charge in [0, 0.05) is 18.0 Å². The van der Waals surface area contributed by atoms with Crippen molar-refractivity contribution in [2.24, 2.45) is 0 Å². The van der Waals surface area contributed by atoms with Gasteiger partial charge in [-0.1, -0.05) is 6.07 Å². The highest BCUT2D eigenvalue weighted by atomic mass is 16.6. The molecule has 0 aromatic heterocycles. The fraction of sp³-hybridized carbons (Fsp3) is 0.542. The summed E-state index contributed by atoms with van der Waals surface area (Å²) in [6, 6.07) is 3.18. The Balaban J connectivity index is 1.41. The van der Waals surface area contributed by atoms with Crippen molar-refractivity contribution >= 4 is 17.9 Å². The summed E-state index contributed by atoms with van der Waals surface area (Å²) >= 11 is 0. The van der Waals surface area contributed by atoms with E-state index in [-0.39, 0.29) is 29.7 Å². The van der Waals surface area contributed by atoms with Crippen LogP contribution in [0.4, 0.5) is 0 Å². The largest absolute Gasteiger partial charge is 0.504 e. The Kier molecular flexibility index (Phi) is 5.35. The standard InChI is InChI=1S/C24H27NO10/c1-11(21(29)30)33-22(31)14(27)10-17(28)34-15-5-6-24(32)16-9-12-3-4-13(26)19-18(12)23(24,20(15)35-19)7-8-25(16)2/h3-5,11,14,16,20,26-27,32H,6-10H2,1-2H3,(H,29,30)/t11-,14-,16+,20?,23?,24+/m0/s1. The number of likely N-dealkylation sites (tertiary alicyclic amines) is 1. The van der Waals surface area contributed by atoms with Gasteiger partial charge < -0.3 is 39.5 Å². The van der Waals surface area contributed by atoms with Gasteiger partial charge in [-0.25, -0.2) is 9.59 Å². The highest BCUT2D eigenvalue weighted by molar-refractivity contribution is 5.84. The highest BCUT2D eigenvalue weighted by Gasteiger charge is 2.72. The molecule has 1 aromatic carbocycles. The summed E-state index contributed by atoms with van der Waals surface area (Å²) in [4.78, 5) is 37.5. The van der Waals surface area contributed by atoms with Crippen LogP contribution in [0.5, 0.6) is 11.5 Å². The van der Waals surface area contributed by atoms with Crippen molar-refractivity contribution in [1.82, 2.24) is 4.90 Å². The number of aliphatic carboxylic acids is 1. The number of carboxylic acids is 1. The lowest BCUT2D eigenvalue weighted by Crippen LogP contribution is -2.74. The van der Waals surface area contributed by atoms with E-state index in [0.717, 1.165) is 18.1 Å². The molecule has 0 amide bonds. The van der Waals surface area contributed by atoms with Crippen LogP contribution in [0, 0.1) is 0 Å². The number of likely N-dealkylation sites (N-methyl/N-ethyl adjacent to an activating group) is 1. The first-order chi connectivity index (χ1) is 16.5. The number of aromatic hydroxyl groups is 1. The van der Waals surface area contributed by atoms with Gasteiger partial charge in [0.15, 0.2) is 29.8 Å². The van der Waals surface area contributed by atoms with E-state index < -0.39 is 53.7 Å². The second-order valence-corrected chi connectivity index (χ2v) is 9.71. The Hall–Kier alpha value is -3.15. The van der Waals surface area contributed by atoms with E-state index in [1.54, 1.807) is 12.1 Å². The van der Waals surface area contributed by atoms with Gasteiger partial charge >= 0.3 is 17.9 Å². The minimum absolute atomic E-state index is 0.0661. The van der Waals surface area contributed by atoms with Crippen molar-refractivity contribution in [1.29, 1.82) is 0 Å². The lowest BCUT2D eigenvalue weighted by molar-refractivity contribution is -0.173. The summed E-state index contributed by atoms with van der Waals surface area (Å²) in [6.07, 6.45) is -2.20. The zero-order valence-corrected chi connectivity index (χ0v) is 19.3. The van der Waals surface area contributed by atoms with Crippen LogP contribution < -0.4 is 4.74 Å². The van der Waals surface area contributed by atoms with Crippen molar-refractivity contribution in [3.63, 3.8) is 0 Å². The molecule has 2 aliphatic carbocycles.